The normalized spacial score (nSPS) is 35.0. The second kappa shape index (κ2) is 22.8. The molecule has 1 saturated heterocycles. The van der Waals surface area contributed by atoms with Gasteiger partial charge in [-0.15, -0.1) is 0 Å². The SMILES string of the molecule is CC=O.CCCC.CCOCC1C[C@H](C)CC[C@H]1C(C)C(O)C(O)C(C)[C@@H]1CC[C@@H](C)C2CCC(C)OC[C@@]21O.CON. The van der Waals surface area contributed by atoms with Gasteiger partial charge in [0.2, 0.25) is 0 Å². The Labute approximate surface area is 264 Å². The summed E-state index contributed by atoms with van der Waals surface area (Å²) in [6.07, 6.45) is 9.16. The Morgan fingerprint density at radius 3 is 2.05 bits per heavy atom. The van der Waals surface area contributed by atoms with Crippen molar-refractivity contribution in [3.8, 4) is 0 Å². The fraction of sp³-hybridized carbons (Fsp3) is 0.971. The van der Waals surface area contributed by atoms with Crippen LogP contribution in [-0.2, 0) is 19.1 Å². The number of aliphatic hydroxyl groups excluding tert-OH is 2. The van der Waals surface area contributed by atoms with Crippen molar-refractivity contribution in [2.75, 3.05) is 26.9 Å². The number of aldehydes is 1. The Kier molecular flexibility index (Phi) is 22.5. The largest absolute Gasteiger partial charge is 0.390 e. The molecule has 0 radical (unpaired) electrons. The highest BCUT2D eigenvalue weighted by Crippen LogP contribution is 2.50. The van der Waals surface area contributed by atoms with Crippen LogP contribution in [0.15, 0.2) is 0 Å². The second-order valence-corrected chi connectivity index (χ2v) is 13.6. The van der Waals surface area contributed by atoms with E-state index in [1.807, 2.05) is 13.8 Å². The molecule has 5 N–H and O–H groups in total. The lowest BCUT2D eigenvalue weighted by atomic mass is 9.58. The van der Waals surface area contributed by atoms with Crippen molar-refractivity contribution in [1.29, 1.82) is 0 Å². The molecule has 7 unspecified atom stereocenters. The van der Waals surface area contributed by atoms with E-state index in [4.69, 9.17) is 14.3 Å². The summed E-state index contributed by atoms with van der Waals surface area (Å²) in [7, 11) is 1.40. The molecule has 3 fully saturated rings. The van der Waals surface area contributed by atoms with E-state index in [-0.39, 0.29) is 29.8 Å². The summed E-state index contributed by atoms with van der Waals surface area (Å²) in [5, 5.41) is 34.7. The predicted molar refractivity (Wildman–Crippen MR) is 175 cm³/mol. The van der Waals surface area contributed by atoms with Gasteiger partial charge in [0.05, 0.1) is 37.6 Å². The van der Waals surface area contributed by atoms with Crippen LogP contribution in [0.25, 0.3) is 0 Å². The van der Waals surface area contributed by atoms with Crippen molar-refractivity contribution in [3.05, 3.63) is 0 Å². The molecule has 43 heavy (non-hydrogen) atoms. The van der Waals surface area contributed by atoms with Gasteiger partial charge in [0.25, 0.3) is 0 Å². The quantitative estimate of drug-likeness (QED) is 0.178. The van der Waals surface area contributed by atoms with E-state index in [0.717, 1.165) is 51.4 Å². The van der Waals surface area contributed by atoms with Gasteiger partial charge in [-0.05, 0) is 107 Å². The maximum atomic E-state index is 11.9. The number of ether oxygens (including phenoxy) is 2. The lowest BCUT2D eigenvalue weighted by Gasteiger charge is -2.51. The molecular formula is C35H71NO7. The highest BCUT2D eigenvalue weighted by molar-refractivity contribution is 5.44. The molecule has 3 rings (SSSR count). The van der Waals surface area contributed by atoms with E-state index in [0.29, 0.717) is 36.9 Å². The minimum atomic E-state index is -0.927. The van der Waals surface area contributed by atoms with E-state index in [1.54, 1.807) is 0 Å². The van der Waals surface area contributed by atoms with Crippen molar-refractivity contribution >= 4 is 6.29 Å². The number of rotatable bonds is 9. The van der Waals surface area contributed by atoms with Crippen molar-refractivity contribution in [2.24, 2.45) is 53.2 Å². The zero-order chi connectivity index (χ0) is 33.2. The van der Waals surface area contributed by atoms with Crippen LogP contribution in [0, 0.1) is 47.3 Å². The van der Waals surface area contributed by atoms with Crippen LogP contribution in [0.5, 0.6) is 0 Å². The topological polar surface area (TPSA) is 131 Å². The summed E-state index contributed by atoms with van der Waals surface area (Å²) in [5.41, 5.74) is -0.927. The maximum Gasteiger partial charge on any atom is 0.116 e. The highest BCUT2D eigenvalue weighted by atomic mass is 16.6. The van der Waals surface area contributed by atoms with Crippen LogP contribution in [0.4, 0.5) is 0 Å². The molecule has 2 saturated carbocycles. The van der Waals surface area contributed by atoms with Crippen molar-refractivity contribution in [2.45, 2.75) is 144 Å². The van der Waals surface area contributed by atoms with Crippen molar-refractivity contribution < 1.29 is 34.4 Å². The van der Waals surface area contributed by atoms with Crippen molar-refractivity contribution in [3.63, 3.8) is 0 Å². The minimum absolute atomic E-state index is 0.00114. The monoisotopic (exact) mass is 618 g/mol. The Morgan fingerprint density at radius 1 is 0.953 bits per heavy atom. The first-order valence-corrected chi connectivity index (χ1v) is 17.2. The third-order valence-corrected chi connectivity index (χ3v) is 10.5. The van der Waals surface area contributed by atoms with Gasteiger partial charge in [0, 0.05) is 13.2 Å². The van der Waals surface area contributed by atoms with Gasteiger partial charge in [0.1, 0.15) is 6.29 Å². The van der Waals surface area contributed by atoms with Crippen molar-refractivity contribution in [1.82, 2.24) is 0 Å². The number of carbonyl (C=O) groups excluding carboxylic acids is 1. The van der Waals surface area contributed by atoms with Gasteiger partial charge >= 0.3 is 0 Å². The molecule has 1 aliphatic heterocycles. The minimum Gasteiger partial charge on any atom is -0.390 e. The van der Waals surface area contributed by atoms with E-state index in [2.05, 4.69) is 52.3 Å². The fourth-order valence-corrected chi connectivity index (χ4v) is 7.69. The van der Waals surface area contributed by atoms with E-state index < -0.39 is 17.8 Å². The average Bonchev–Trinajstić information content (AvgIpc) is 3.14. The number of carbonyl (C=O) groups is 1. The molecule has 12 atom stereocenters. The molecule has 3 aliphatic rings. The molecule has 8 heteroatoms. The molecule has 0 amide bonds. The number of hydrogen-bond acceptors (Lipinski definition) is 8. The van der Waals surface area contributed by atoms with E-state index in [1.165, 1.54) is 33.3 Å². The van der Waals surface area contributed by atoms with Crippen LogP contribution in [-0.4, -0.2) is 72.4 Å². The first-order valence-electron chi connectivity index (χ1n) is 17.2. The average molecular weight is 618 g/mol. The van der Waals surface area contributed by atoms with Gasteiger partial charge < -0.3 is 34.4 Å². The van der Waals surface area contributed by atoms with Crippen LogP contribution in [0.2, 0.25) is 0 Å². The predicted octanol–water partition coefficient (Wildman–Crippen LogP) is 6.18. The lowest BCUT2D eigenvalue weighted by Crippen LogP contribution is -2.58. The summed E-state index contributed by atoms with van der Waals surface area (Å²) < 4.78 is 11.8. The lowest BCUT2D eigenvalue weighted by molar-refractivity contribution is -0.182. The Bertz CT molecular complexity index is 695. The molecule has 0 aromatic heterocycles. The standard InChI is InChI=1S/C28H52O5.C4H10.C2H4O.CH5NO/c1-7-32-15-22-14-17(2)8-11-23(22)20(5)26(29)27(30)21(6)25-12-9-18(3)24-13-10-19(4)33-16-28(24,25)31;1-3-4-2;1-2-3;1-3-2/h17-27,29-31H,7-16H2,1-6H3;3-4H2,1-2H3;2H,1H3;2H2,1H3/t17-,18-,19?,20?,21?,22?,23+,24?,25+,26?,27?,28-;;;/m1.../s1. The number of nitrogens with two attached hydrogens (primary N) is 1. The van der Waals surface area contributed by atoms with Crippen LogP contribution in [0.3, 0.4) is 0 Å². The Hall–Kier alpha value is -0.610. The molecule has 8 nitrogen and oxygen atoms in total. The molecule has 1 heterocycles. The molecule has 0 spiro atoms. The zero-order valence-corrected chi connectivity index (χ0v) is 29.5. The Morgan fingerprint density at radius 2 is 1.51 bits per heavy atom. The van der Waals surface area contributed by atoms with Gasteiger partial charge in [-0.2, -0.15) is 0 Å². The van der Waals surface area contributed by atoms with E-state index >= 15 is 0 Å². The smallest absolute Gasteiger partial charge is 0.116 e. The van der Waals surface area contributed by atoms with Gasteiger partial charge in [0.15, 0.2) is 0 Å². The highest BCUT2D eigenvalue weighted by Gasteiger charge is 2.54. The summed E-state index contributed by atoms with van der Waals surface area (Å²) in [6, 6.07) is 0. The number of hydrogen-bond donors (Lipinski definition) is 4. The first-order chi connectivity index (χ1) is 20.3. The third-order valence-electron chi connectivity index (χ3n) is 10.5. The number of fused-ring (bicyclic) bond motifs is 1. The third kappa shape index (κ3) is 13.3. The second-order valence-electron chi connectivity index (χ2n) is 13.6. The van der Waals surface area contributed by atoms with Gasteiger partial charge in [-0.25, -0.2) is 5.90 Å². The molecule has 0 aromatic rings. The summed E-state index contributed by atoms with van der Waals surface area (Å²) in [4.78, 5) is 12.6. The first kappa shape index (κ1) is 42.4. The van der Waals surface area contributed by atoms with Crippen LogP contribution in [0.1, 0.15) is 120 Å². The maximum absolute atomic E-state index is 11.9. The van der Waals surface area contributed by atoms with Crippen LogP contribution >= 0.6 is 0 Å². The van der Waals surface area contributed by atoms with Crippen LogP contribution < -0.4 is 5.90 Å². The van der Waals surface area contributed by atoms with E-state index in [9.17, 15) is 15.3 Å². The molecular weight excluding hydrogens is 546 g/mol. The Balaban J connectivity index is 0.00000154. The fourth-order valence-electron chi connectivity index (χ4n) is 7.69. The molecule has 2 aliphatic carbocycles. The van der Waals surface area contributed by atoms with Gasteiger partial charge in [-0.3, -0.25) is 0 Å². The summed E-state index contributed by atoms with van der Waals surface area (Å²) in [5.74, 6) is 6.22. The molecule has 258 valence electrons. The summed E-state index contributed by atoms with van der Waals surface area (Å²) >= 11 is 0. The number of aliphatic hydroxyl groups is 3. The zero-order valence-electron chi connectivity index (χ0n) is 29.5. The number of unbranched alkanes of at least 4 members (excludes halogenated alkanes) is 1. The molecule has 0 bridgehead atoms. The van der Waals surface area contributed by atoms with Gasteiger partial charge in [-0.1, -0.05) is 60.8 Å². The molecule has 0 aromatic carbocycles. The summed E-state index contributed by atoms with van der Waals surface area (Å²) in [6.45, 7) is 20.4.